The molecular weight excluding hydrogens is 332 g/mol. The van der Waals surface area contributed by atoms with Crippen LogP contribution in [0.3, 0.4) is 0 Å². The first-order valence-electron chi connectivity index (χ1n) is 8.53. The van der Waals surface area contributed by atoms with Crippen molar-refractivity contribution in [3.63, 3.8) is 0 Å². The highest BCUT2D eigenvalue weighted by Gasteiger charge is 2.23. The van der Waals surface area contributed by atoms with Crippen molar-refractivity contribution in [1.82, 2.24) is 15.2 Å². The summed E-state index contributed by atoms with van der Waals surface area (Å²) in [6.45, 7) is 3.56. The number of carbonyl (C=O) groups is 2. The van der Waals surface area contributed by atoms with Gasteiger partial charge in [0.25, 0.3) is 5.91 Å². The van der Waals surface area contributed by atoms with Crippen molar-refractivity contribution in [2.75, 3.05) is 38.1 Å². The smallest absolute Gasteiger partial charge is 0.330 e. The summed E-state index contributed by atoms with van der Waals surface area (Å²) >= 11 is 0. The molecule has 7 heteroatoms. The van der Waals surface area contributed by atoms with E-state index in [0.717, 1.165) is 32.0 Å². The van der Waals surface area contributed by atoms with Crippen LogP contribution in [0.2, 0.25) is 0 Å². The fourth-order valence-electron chi connectivity index (χ4n) is 2.92. The third-order valence-electron chi connectivity index (χ3n) is 4.49. The van der Waals surface area contributed by atoms with Gasteiger partial charge in [0.2, 0.25) is 0 Å². The van der Waals surface area contributed by atoms with E-state index in [9.17, 15) is 14.7 Å². The fraction of sp³-hybridized carbons (Fsp3) is 0.316. The standard InChI is InChI=1S/C19H22N4O3/c1-22-9-11-23(12-10-22)16-13-15(7-8-20-16)18(24)21-17(19(25)26)14-5-3-2-4-6-14/h2-8,13,17H,9-12H2,1H3,(H,21,24)(H,25,26)/t17-/m0/s1. The van der Waals surface area contributed by atoms with Crippen LogP contribution in [-0.4, -0.2) is 60.1 Å². The van der Waals surface area contributed by atoms with E-state index >= 15 is 0 Å². The van der Waals surface area contributed by atoms with E-state index in [2.05, 4.69) is 27.1 Å². The van der Waals surface area contributed by atoms with Gasteiger partial charge in [0.15, 0.2) is 6.04 Å². The monoisotopic (exact) mass is 354 g/mol. The maximum atomic E-state index is 12.6. The molecule has 7 nitrogen and oxygen atoms in total. The summed E-state index contributed by atoms with van der Waals surface area (Å²) in [5.41, 5.74) is 0.929. The molecule has 0 saturated carbocycles. The van der Waals surface area contributed by atoms with Crippen LogP contribution in [0.15, 0.2) is 48.7 Å². The number of carboxylic acids is 1. The van der Waals surface area contributed by atoms with Crippen molar-refractivity contribution in [3.05, 3.63) is 59.8 Å². The normalized spacial score (nSPS) is 16.1. The number of likely N-dealkylation sites (N-methyl/N-ethyl adjacent to an activating group) is 1. The first kappa shape index (κ1) is 17.9. The van der Waals surface area contributed by atoms with Crippen LogP contribution in [-0.2, 0) is 4.79 Å². The quantitative estimate of drug-likeness (QED) is 0.844. The molecule has 1 aliphatic heterocycles. The Morgan fingerprint density at radius 2 is 1.81 bits per heavy atom. The second kappa shape index (κ2) is 7.97. The van der Waals surface area contributed by atoms with E-state index in [1.807, 2.05) is 0 Å². The van der Waals surface area contributed by atoms with E-state index < -0.39 is 17.9 Å². The molecule has 1 aromatic heterocycles. The van der Waals surface area contributed by atoms with Gasteiger partial charge in [-0.25, -0.2) is 9.78 Å². The summed E-state index contributed by atoms with van der Waals surface area (Å²) in [6.07, 6.45) is 1.58. The Balaban J connectivity index is 1.75. The highest BCUT2D eigenvalue weighted by Crippen LogP contribution is 2.17. The van der Waals surface area contributed by atoms with Crippen molar-refractivity contribution in [2.45, 2.75) is 6.04 Å². The Morgan fingerprint density at radius 1 is 1.12 bits per heavy atom. The van der Waals surface area contributed by atoms with Gasteiger partial charge in [0, 0.05) is 37.9 Å². The van der Waals surface area contributed by atoms with Crippen LogP contribution in [0.5, 0.6) is 0 Å². The van der Waals surface area contributed by atoms with Crippen LogP contribution in [0.4, 0.5) is 5.82 Å². The number of aliphatic carboxylic acids is 1. The summed E-state index contributed by atoms with van der Waals surface area (Å²) in [7, 11) is 2.07. The number of carboxylic acid groups (broad SMARTS) is 1. The summed E-state index contributed by atoms with van der Waals surface area (Å²) in [6, 6.07) is 10.9. The lowest BCUT2D eigenvalue weighted by Crippen LogP contribution is -2.44. The summed E-state index contributed by atoms with van der Waals surface area (Å²) in [4.78, 5) is 32.9. The molecular formula is C19H22N4O3. The van der Waals surface area contributed by atoms with Gasteiger partial charge in [-0.15, -0.1) is 0 Å². The Hall–Kier alpha value is -2.93. The maximum Gasteiger partial charge on any atom is 0.330 e. The predicted octanol–water partition coefficient (Wildman–Crippen LogP) is 1.39. The summed E-state index contributed by atoms with van der Waals surface area (Å²) < 4.78 is 0. The Kier molecular flexibility index (Phi) is 5.48. The van der Waals surface area contributed by atoms with Crippen LogP contribution in [0, 0.1) is 0 Å². The number of hydrogen-bond acceptors (Lipinski definition) is 5. The molecule has 2 aromatic rings. The van der Waals surface area contributed by atoms with Gasteiger partial charge in [-0.1, -0.05) is 30.3 Å². The molecule has 3 rings (SSSR count). The molecule has 2 N–H and O–H groups in total. The molecule has 0 radical (unpaired) electrons. The van der Waals surface area contributed by atoms with Gasteiger partial charge in [0.05, 0.1) is 0 Å². The van der Waals surface area contributed by atoms with Gasteiger partial charge >= 0.3 is 5.97 Å². The molecule has 1 amide bonds. The summed E-state index contributed by atoms with van der Waals surface area (Å²) in [5.74, 6) is -0.797. The zero-order valence-electron chi connectivity index (χ0n) is 14.6. The highest BCUT2D eigenvalue weighted by atomic mass is 16.4. The molecule has 26 heavy (non-hydrogen) atoms. The average molecular weight is 354 g/mol. The number of nitrogens with one attached hydrogen (secondary N) is 1. The van der Waals surface area contributed by atoms with Crippen molar-refractivity contribution in [1.29, 1.82) is 0 Å². The van der Waals surface area contributed by atoms with Gasteiger partial charge in [-0.3, -0.25) is 4.79 Å². The first-order chi connectivity index (χ1) is 12.5. The van der Waals surface area contributed by atoms with E-state index in [4.69, 9.17) is 0 Å². The van der Waals surface area contributed by atoms with Gasteiger partial charge in [-0.2, -0.15) is 0 Å². The first-order valence-corrected chi connectivity index (χ1v) is 8.53. The zero-order chi connectivity index (χ0) is 18.5. The van der Waals surface area contributed by atoms with Crippen molar-refractivity contribution >= 4 is 17.7 Å². The van der Waals surface area contributed by atoms with E-state index in [0.29, 0.717) is 11.1 Å². The number of pyridine rings is 1. The SMILES string of the molecule is CN1CCN(c2cc(C(=O)N[C@H](C(=O)O)c3ccccc3)ccn2)CC1. The molecule has 136 valence electrons. The number of benzene rings is 1. The van der Waals surface area contributed by atoms with E-state index in [-0.39, 0.29) is 0 Å². The molecule has 2 heterocycles. The molecule has 0 bridgehead atoms. The number of aromatic nitrogens is 1. The molecule has 1 aromatic carbocycles. The van der Waals surface area contributed by atoms with Gasteiger partial charge in [0.1, 0.15) is 5.82 Å². The lowest BCUT2D eigenvalue weighted by molar-refractivity contribution is -0.139. The lowest BCUT2D eigenvalue weighted by Gasteiger charge is -2.33. The number of anilines is 1. The minimum atomic E-state index is -1.10. The van der Waals surface area contributed by atoms with Crippen molar-refractivity contribution in [3.8, 4) is 0 Å². The average Bonchev–Trinajstić information content (AvgIpc) is 2.67. The largest absolute Gasteiger partial charge is 0.479 e. The predicted molar refractivity (Wildman–Crippen MR) is 98.2 cm³/mol. The van der Waals surface area contributed by atoms with E-state index in [1.54, 1.807) is 48.7 Å². The zero-order valence-corrected chi connectivity index (χ0v) is 14.6. The number of piperazine rings is 1. The Labute approximate surface area is 152 Å². The van der Waals surface area contributed by atoms with Crippen molar-refractivity contribution in [2.24, 2.45) is 0 Å². The molecule has 1 fully saturated rings. The second-order valence-electron chi connectivity index (χ2n) is 6.35. The molecule has 1 aliphatic rings. The van der Waals surface area contributed by atoms with Crippen LogP contribution < -0.4 is 10.2 Å². The summed E-state index contributed by atoms with van der Waals surface area (Å²) in [5, 5.41) is 12.1. The van der Waals surface area contributed by atoms with Crippen molar-refractivity contribution < 1.29 is 14.7 Å². The number of carbonyl (C=O) groups excluding carboxylic acids is 1. The maximum absolute atomic E-state index is 12.6. The molecule has 1 atom stereocenters. The highest BCUT2D eigenvalue weighted by molar-refractivity contribution is 5.97. The third-order valence-corrected chi connectivity index (χ3v) is 4.49. The van der Waals surface area contributed by atoms with Gasteiger partial charge in [-0.05, 0) is 24.7 Å². The molecule has 0 spiro atoms. The van der Waals surface area contributed by atoms with Gasteiger partial charge < -0.3 is 20.2 Å². The van der Waals surface area contributed by atoms with Crippen LogP contribution in [0.1, 0.15) is 22.0 Å². The number of hydrogen-bond donors (Lipinski definition) is 2. The minimum absolute atomic E-state index is 0.399. The Morgan fingerprint density at radius 3 is 2.46 bits per heavy atom. The number of rotatable bonds is 5. The number of amides is 1. The molecule has 1 saturated heterocycles. The van der Waals surface area contributed by atoms with E-state index in [1.165, 1.54) is 0 Å². The Bertz CT molecular complexity index is 773. The lowest BCUT2D eigenvalue weighted by atomic mass is 10.1. The fourth-order valence-corrected chi connectivity index (χ4v) is 2.92. The number of nitrogens with zero attached hydrogens (tertiary/aromatic N) is 3. The second-order valence-corrected chi connectivity index (χ2v) is 6.35. The third kappa shape index (κ3) is 4.18. The molecule has 0 unspecified atom stereocenters. The van der Waals surface area contributed by atoms with Crippen LogP contribution >= 0.6 is 0 Å². The topological polar surface area (TPSA) is 85.8 Å². The minimum Gasteiger partial charge on any atom is -0.479 e. The van der Waals surface area contributed by atoms with Crippen LogP contribution in [0.25, 0.3) is 0 Å². The molecule has 0 aliphatic carbocycles.